The molecule has 1 aromatic carbocycles. The topological polar surface area (TPSA) is 126 Å². The van der Waals surface area contributed by atoms with Gasteiger partial charge in [0.2, 0.25) is 0 Å². The van der Waals surface area contributed by atoms with Gasteiger partial charge < -0.3 is 25.3 Å². The van der Waals surface area contributed by atoms with Crippen LogP contribution in [0, 0.1) is 5.41 Å². The molecular weight excluding hydrogens is 360 g/mol. The first kappa shape index (κ1) is 19.7. The highest BCUT2D eigenvalue weighted by Gasteiger charge is 2.25. The number of nitrogens with zero attached hydrogens (tertiary/aromatic N) is 3. The van der Waals surface area contributed by atoms with Gasteiger partial charge in [0.25, 0.3) is 5.91 Å². The van der Waals surface area contributed by atoms with Crippen LogP contribution in [0.15, 0.2) is 18.2 Å². The SMILES string of the molecule is COC(=O)CCNC(=O)c1ccc2c(c1)nc(C1CCN(C(=N)N)CC1)n2C. The number of hydrogen-bond donors (Lipinski definition) is 3. The molecule has 1 saturated heterocycles. The van der Waals surface area contributed by atoms with E-state index in [0.717, 1.165) is 42.8 Å². The molecule has 0 aliphatic carbocycles. The molecule has 0 radical (unpaired) electrons. The van der Waals surface area contributed by atoms with Crippen LogP contribution >= 0.6 is 0 Å². The molecule has 2 aromatic rings. The average molecular weight is 386 g/mol. The average Bonchev–Trinajstić information content (AvgIpc) is 3.03. The third-order valence-corrected chi connectivity index (χ3v) is 5.22. The first-order chi connectivity index (χ1) is 13.4. The van der Waals surface area contributed by atoms with Gasteiger partial charge in [-0.15, -0.1) is 0 Å². The zero-order chi connectivity index (χ0) is 20.3. The number of methoxy groups -OCH3 is 1. The summed E-state index contributed by atoms with van der Waals surface area (Å²) in [5.74, 6) is 0.798. The second-order valence-corrected chi connectivity index (χ2v) is 6.96. The van der Waals surface area contributed by atoms with E-state index in [9.17, 15) is 9.59 Å². The molecule has 0 spiro atoms. The Morgan fingerprint density at radius 1 is 1.36 bits per heavy atom. The number of benzene rings is 1. The van der Waals surface area contributed by atoms with E-state index < -0.39 is 0 Å². The van der Waals surface area contributed by atoms with Gasteiger partial charge in [0.15, 0.2) is 5.96 Å². The van der Waals surface area contributed by atoms with Gasteiger partial charge in [-0.2, -0.15) is 0 Å². The van der Waals surface area contributed by atoms with E-state index in [1.54, 1.807) is 12.1 Å². The molecule has 9 heteroatoms. The Hall–Kier alpha value is -3.10. The quantitative estimate of drug-likeness (QED) is 0.399. The first-order valence-electron chi connectivity index (χ1n) is 9.31. The number of hydrogen-bond acceptors (Lipinski definition) is 5. The van der Waals surface area contributed by atoms with Crippen LogP contribution in [0.4, 0.5) is 0 Å². The third-order valence-electron chi connectivity index (χ3n) is 5.22. The molecule has 0 atom stereocenters. The lowest BCUT2D eigenvalue weighted by Gasteiger charge is -2.31. The van der Waals surface area contributed by atoms with E-state index in [1.165, 1.54) is 7.11 Å². The maximum absolute atomic E-state index is 12.3. The van der Waals surface area contributed by atoms with Crippen molar-refractivity contribution in [3.8, 4) is 0 Å². The highest BCUT2D eigenvalue weighted by Crippen LogP contribution is 2.29. The molecule has 1 aliphatic rings. The molecule has 150 valence electrons. The predicted octanol–water partition coefficient (Wildman–Crippen LogP) is 0.939. The van der Waals surface area contributed by atoms with E-state index in [1.807, 2.05) is 18.0 Å². The van der Waals surface area contributed by atoms with Crippen LogP contribution in [0.25, 0.3) is 11.0 Å². The van der Waals surface area contributed by atoms with Crippen molar-refractivity contribution in [2.75, 3.05) is 26.7 Å². The molecule has 0 bridgehead atoms. The molecule has 1 aliphatic heterocycles. The van der Waals surface area contributed by atoms with E-state index in [0.29, 0.717) is 11.5 Å². The van der Waals surface area contributed by atoms with Crippen molar-refractivity contribution < 1.29 is 14.3 Å². The van der Waals surface area contributed by atoms with Gasteiger partial charge in [-0.3, -0.25) is 15.0 Å². The summed E-state index contributed by atoms with van der Waals surface area (Å²) >= 11 is 0. The number of carbonyl (C=O) groups is 2. The minimum Gasteiger partial charge on any atom is -0.469 e. The number of carbonyl (C=O) groups excluding carboxylic acids is 2. The largest absolute Gasteiger partial charge is 0.469 e. The molecule has 0 saturated carbocycles. The minimum atomic E-state index is -0.360. The lowest BCUT2D eigenvalue weighted by atomic mass is 9.96. The second kappa shape index (κ2) is 8.28. The second-order valence-electron chi connectivity index (χ2n) is 6.96. The van der Waals surface area contributed by atoms with Crippen molar-refractivity contribution in [1.29, 1.82) is 5.41 Å². The number of ether oxygens (including phenoxy) is 1. The smallest absolute Gasteiger partial charge is 0.307 e. The standard InChI is InChI=1S/C19H26N6O3/c1-24-15-4-3-13(18(27)22-8-5-16(26)28-2)11-14(15)23-17(24)12-6-9-25(10-7-12)19(20)21/h3-4,11-12H,5-10H2,1-2H3,(H3,20,21)(H,22,27). The number of esters is 1. The van der Waals surface area contributed by atoms with Crippen molar-refractivity contribution in [1.82, 2.24) is 19.8 Å². The number of guanidine groups is 1. The Bertz CT molecular complexity index is 898. The minimum absolute atomic E-state index is 0.117. The molecule has 9 nitrogen and oxygen atoms in total. The van der Waals surface area contributed by atoms with Crippen LogP contribution < -0.4 is 11.1 Å². The first-order valence-corrected chi connectivity index (χ1v) is 9.31. The fraction of sp³-hybridized carbons (Fsp3) is 0.474. The Morgan fingerprint density at radius 3 is 2.71 bits per heavy atom. The molecule has 1 fully saturated rings. The summed E-state index contributed by atoms with van der Waals surface area (Å²) in [6.45, 7) is 1.72. The molecule has 1 amide bonds. The van der Waals surface area contributed by atoms with Crippen LogP contribution in [0.3, 0.4) is 0 Å². The van der Waals surface area contributed by atoms with E-state index >= 15 is 0 Å². The van der Waals surface area contributed by atoms with Gasteiger partial charge in [0, 0.05) is 38.2 Å². The molecule has 0 unspecified atom stereocenters. The zero-order valence-corrected chi connectivity index (χ0v) is 16.2. The molecular formula is C19H26N6O3. The fourth-order valence-electron chi connectivity index (χ4n) is 3.59. The lowest BCUT2D eigenvalue weighted by molar-refractivity contribution is -0.140. The van der Waals surface area contributed by atoms with E-state index in [4.69, 9.17) is 16.1 Å². The van der Waals surface area contributed by atoms with Crippen molar-refractivity contribution in [2.45, 2.75) is 25.2 Å². The molecule has 2 heterocycles. The molecule has 4 N–H and O–H groups in total. The highest BCUT2D eigenvalue weighted by atomic mass is 16.5. The van der Waals surface area contributed by atoms with E-state index in [-0.39, 0.29) is 30.8 Å². The number of imidazole rings is 1. The number of likely N-dealkylation sites (tertiary alicyclic amines) is 1. The number of rotatable bonds is 5. The highest BCUT2D eigenvalue weighted by molar-refractivity contribution is 5.97. The molecule has 1 aromatic heterocycles. The number of amides is 1. The van der Waals surface area contributed by atoms with Crippen LogP contribution in [-0.2, 0) is 16.6 Å². The Balaban J connectivity index is 1.72. The van der Waals surface area contributed by atoms with Crippen LogP contribution in [-0.4, -0.2) is 59.0 Å². The van der Waals surface area contributed by atoms with Crippen LogP contribution in [0.5, 0.6) is 0 Å². The Morgan fingerprint density at radius 2 is 2.07 bits per heavy atom. The lowest BCUT2D eigenvalue weighted by Crippen LogP contribution is -2.42. The zero-order valence-electron chi connectivity index (χ0n) is 16.2. The summed E-state index contributed by atoms with van der Waals surface area (Å²) in [6.07, 6.45) is 1.91. The predicted molar refractivity (Wildman–Crippen MR) is 105 cm³/mol. The van der Waals surface area contributed by atoms with Crippen molar-refractivity contribution in [2.24, 2.45) is 12.8 Å². The van der Waals surface area contributed by atoms with Crippen molar-refractivity contribution in [3.05, 3.63) is 29.6 Å². The van der Waals surface area contributed by atoms with Crippen molar-refractivity contribution >= 4 is 28.9 Å². The summed E-state index contributed by atoms with van der Waals surface area (Å²) in [7, 11) is 3.30. The van der Waals surface area contributed by atoms with Gasteiger partial charge in [0.05, 0.1) is 24.6 Å². The maximum atomic E-state index is 12.3. The summed E-state index contributed by atoms with van der Waals surface area (Å²) in [5, 5.41) is 10.3. The van der Waals surface area contributed by atoms with E-state index in [2.05, 4.69) is 14.6 Å². The fourth-order valence-corrected chi connectivity index (χ4v) is 3.59. The number of aryl methyl sites for hydroxylation is 1. The van der Waals surface area contributed by atoms with Crippen LogP contribution in [0.2, 0.25) is 0 Å². The number of aromatic nitrogens is 2. The summed E-state index contributed by atoms with van der Waals surface area (Å²) in [4.78, 5) is 30.1. The van der Waals surface area contributed by atoms with Gasteiger partial charge in [0.1, 0.15) is 5.82 Å². The number of nitrogens with one attached hydrogen (secondary N) is 2. The Kier molecular flexibility index (Phi) is 5.81. The number of piperidine rings is 1. The Labute approximate surface area is 163 Å². The van der Waals surface area contributed by atoms with Crippen molar-refractivity contribution in [3.63, 3.8) is 0 Å². The van der Waals surface area contributed by atoms with Gasteiger partial charge in [-0.25, -0.2) is 4.98 Å². The van der Waals surface area contributed by atoms with Gasteiger partial charge >= 0.3 is 5.97 Å². The molecule has 3 rings (SSSR count). The summed E-state index contributed by atoms with van der Waals surface area (Å²) < 4.78 is 6.64. The number of nitrogens with two attached hydrogens (primary N) is 1. The van der Waals surface area contributed by atoms with Crippen LogP contribution in [0.1, 0.15) is 41.4 Å². The normalized spacial score (nSPS) is 14.9. The third kappa shape index (κ3) is 4.08. The monoisotopic (exact) mass is 386 g/mol. The van der Waals surface area contributed by atoms with Gasteiger partial charge in [-0.05, 0) is 31.0 Å². The number of fused-ring (bicyclic) bond motifs is 1. The van der Waals surface area contributed by atoms with Gasteiger partial charge in [-0.1, -0.05) is 0 Å². The summed E-state index contributed by atoms with van der Waals surface area (Å²) in [5.41, 5.74) is 7.82. The maximum Gasteiger partial charge on any atom is 0.307 e. The molecule has 28 heavy (non-hydrogen) atoms. The summed E-state index contributed by atoms with van der Waals surface area (Å²) in [6, 6.07) is 5.43.